The van der Waals surface area contributed by atoms with Crippen LogP contribution in [-0.2, 0) is 26.5 Å². The number of allylic oxidation sites excluding steroid dienone is 2. The van der Waals surface area contributed by atoms with Crippen LogP contribution in [0.1, 0.15) is 81.5 Å². The van der Waals surface area contributed by atoms with E-state index in [4.69, 9.17) is 14.8 Å². The van der Waals surface area contributed by atoms with E-state index in [1.165, 1.54) is 23.3 Å². The molecule has 242 valence electrons. The molecule has 0 radical (unpaired) electrons. The number of rotatable bonds is 5. The second-order valence-electron chi connectivity index (χ2n) is 14.1. The van der Waals surface area contributed by atoms with E-state index >= 15 is 0 Å². The summed E-state index contributed by atoms with van der Waals surface area (Å²) in [4.78, 5) is 4.72. The van der Waals surface area contributed by atoms with Crippen molar-refractivity contribution in [3.05, 3.63) is 119 Å². The second kappa shape index (κ2) is 12.6. The topological polar surface area (TPSA) is 44.9 Å². The maximum absolute atomic E-state index is 6.56. The van der Waals surface area contributed by atoms with Gasteiger partial charge in [0.05, 0.1) is 11.4 Å². The molecular formula is C41H42N4OPt. The quantitative estimate of drug-likeness (QED) is 0.129. The van der Waals surface area contributed by atoms with Crippen LogP contribution in [0.4, 0.5) is 0 Å². The third kappa shape index (κ3) is 6.00. The van der Waals surface area contributed by atoms with E-state index in [-0.39, 0.29) is 26.5 Å². The fraction of sp³-hybridized carbons (Fsp3) is 0.317. The van der Waals surface area contributed by atoms with Gasteiger partial charge >= 0.3 is 21.1 Å². The average molecular weight is 802 g/mol. The number of nitrogens with zero attached hydrogens (tertiary/aromatic N) is 4. The van der Waals surface area contributed by atoms with Crippen LogP contribution < -0.4 is 4.74 Å². The fourth-order valence-corrected chi connectivity index (χ4v) is 7.40. The van der Waals surface area contributed by atoms with Gasteiger partial charge in [-0.2, -0.15) is 16.7 Å². The van der Waals surface area contributed by atoms with Crippen molar-refractivity contribution < 1.29 is 25.8 Å². The van der Waals surface area contributed by atoms with Crippen molar-refractivity contribution in [3.63, 3.8) is 0 Å². The Hall–Kier alpha value is -3.95. The summed E-state index contributed by atoms with van der Waals surface area (Å²) in [7, 11) is 0. The second-order valence-corrected chi connectivity index (χ2v) is 14.1. The number of pyridine rings is 1. The number of aryl methyl sites for hydroxylation is 3. The molecule has 0 fully saturated rings. The Morgan fingerprint density at radius 2 is 1.66 bits per heavy atom. The Kier molecular flexibility index (Phi) is 8.82. The van der Waals surface area contributed by atoms with Crippen LogP contribution in [0.3, 0.4) is 0 Å². The maximum atomic E-state index is 6.56. The molecule has 1 aliphatic rings. The Balaban J connectivity index is 0.00000386. The molecule has 3 heterocycles. The minimum absolute atomic E-state index is 0. The zero-order valence-electron chi connectivity index (χ0n) is 28.5. The van der Waals surface area contributed by atoms with Gasteiger partial charge in [0.15, 0.2) is 0 Å². The molecule has 5 nitrogen and oxygen atoms in total. The summed E-state index contributed by atoms with van der Waals surface area (Å²) in [6, 6.07) is 28.0. The third-order valence-electron chi connectivity index (χ3n) is 9.39. The van der Waals surface area contributed by atoms with Crippen LogP contribution in [0.25, 0.3) is 33.3 Å². The van der Waals surface area contributed by atoms with E-state index in [0.29, 0.717) is 23.3 Å². The smallest absolute Gasteiger partial charge is 0.509 e. The molecule has 0 spiro atoms. The molecule has 0 bridgehead atoms. The summed E-state index contributed by atoms with van der Waals surface area (Å²) in [6.45, 7) is 17.9. The van der Waals surface area contributed by atoms with E-state index in [1.54, 1.807) is 0 Å². The van der Waals surface area contributed by atoms with Gasteiger partial charge in [0.2, 0.25) is 0 Å². The largest absolute Gasteiger partial charge is 2.00 e. The van der Waals surface area contributed by atoms with E-state index < -0.39 is 0 Å². The maximum Gasteiger partial charge on any atom is 2.00 e. The molecule has 0 saturated heterocycles. The Morgan fingerprint density at radius 3 is 2.40 bits per heavy atom. The first-order valence-electron chi connectivity index (χ1n) is 16.4. The first-order chi connectivity index (χ1) is 22.0. The van der Waals surface area contributed by atoms with Crippen molar-refractivity contribution in [1.82, 2.24) is 19.3 Å². The fourth-order valence-electron chi connectivity index (χ4n) is 7.40. The number of hydrogen-bond donors (Lipinski definition) is 0. The van der Waals surface area contributed by atoms with Crippen LogP contribution in [-0.4, -0.2) is 19.3 Å². The van der Waals surface area contributed by atoms with Gasteiger partial charge in [-0.05, 0) is 74.4 Å². The molecule has 1 unspecified atom stereocenters. The van der Waals surface area contributed by atoms with Crippen molar-refractivity contribution >= 4 is 21.8 Å². The monoisotopic (exact) mass is 801 g/mol. The molecule has 0 saturated carbocycles. The number of benzene rings is 3. The summed E-state index contributed by atoms with van der Waals surface area (Å²) < 4.78 is 10.8. The van der Waals surface area contributed by atoms with Gasteiger partial charge in [-0.1, -0.05) is 70.0 Å². The molecule has 7 rings (SSSR count). The molecule has 2 atom stereocenters. The van der Waals surface area contributed by atoms with Gasteiger partial charge in [0.1, 0.15) is 5.82 Å². The SMILES string of the molecule is CC1=CCC[C@H](C)C1c1c(C)nn(-c2[c-]c(Oc3[c-]c4c(cc3)c3ccccc3n4-c3cc(C)ccn3)cc(C)c2)c1C(C)(C)C.[Pt+2]. The molecule has 6 heteroatoms. The van der Waals surface area contributed by atoms with Gasteiger partial charge in [-0.15, -0.1) is 35.7 Å². The van der Waals surface area contributed by atoms with Crippen LogP contribution in [0, 0.1) is 38.8 Å². The Morgan fingerprint density at radius 1 is 0.872 bits per heavy atom. The molecule has 47 heavy (non-hydrogen) atoms. The summed E-state index contributed by atoms with van der Waals surface area (Å²) >= 11 is 0. The Labute approximate surface area is 292 Å². The summed E-state index contributed by atoms with van der Waals surface area (Å²) in [5, 5.41) is 7.45. The number of fused-ring (bicyclic) bond motifs is 3. The molecule has 3 aromatic carbocycles. The van der Waals surface area contributed by atoms with Crippen molar-refractivity contribution in [2.24, 2.45) is 5.92 Å². The van der Waals surface area contributed by atoms with Crippen LogP contribution >= 0.6 is 0 Å². The van der Waals surface area contributed by atoms with Crippen molar-refractivity contribution in [3.8, 4) is 23.0 Å². The molecule has 0 N–H and O–H groups in total. The van der Waals surface area contributed by atoms with Crippen LogP contribution in [0.15, 0.2) is 78.5 Å². The molecule has 1 aliphatic carbocycles. The zero-order valence-corrected chi connectivity index (χ0v) is 30.8. The van der Waals surface area contributed by atoms with E-state index in [1.807, 2.05) is 24.4 Å². The molecular weight excluding hydrogens is 760 g/mol. The summed E-state index contributed by atoms with van der Waals surface area (Å²) in [5.41, 5.74) is 10.2. The van der Waals surface area contributed by atoms with Crippen LogP contribution in [0.2, 0.25) is 0 Å². The van der Waals surface area contributed by atoms with E-state index in [2.05, 4.69) is 125 Å². The molecule has 6 aromatic rings. The van der Waals surface area contributed by atoms with Gasteiger partial charge in [0.25, 0.3) is 0 Å². The van der Waals surface area contributed by atoms with Gasteiger partial charge in [0, 0.05) is 40.1 Å². The predicted molar refractivity (Wildman–Crippen MR) is 188 cm³/mol. The number of ether oxygens (including phenoxy) is 1. The number of para-hydroxylation sites is 1. The summed E-state index contributed by atoms with van der Waals surface area (Å²) in [6.07, 6.45) is 6.62. The first-order valence-corrected chi connectivity index (χ1v) is 16.4. The Bertz CT molecular complexity index is 2150. The van der Waals surface area contributed by atoms with Crippen molar-refractivity contribution in [1.29, 1.82) is 0 Å². The normalized spacial score (nSPS) is 16.7. The summed E-state index contributed by atoms with van der Waals surface area (Å²) in [5.74, 6) is 3.06. The molecule has 0 amide bonds. The standard InChI is InChI=1S/C41H42N4O.Pt/c1-25-18-19-42-37(22-25)44-35-15-10-9-14-33(35)34-17-16-31(24-36(34)44)46-32-21-26(2)20-30(23-32)45-40(41(6,7)8)39(29(5)43-45)38-27(3)12-11-13-28(38)4;/h9-10,12,14-22,28,38H,11,13H2,1-8H3;/q-2;+2/t28-,38?;/m0./s1. The van der Waals surface area contributed by atoms with Crippen LogP contribution in [0.5, 0.6) is 11.5 Å². The van der Waals surface area contributed by atoms with E-state index in [9.17, 15) is 0 Å². The van der Waals surface area contributed by atoms with Crippen molar-refractivity contribution in [2.75, 3.05) is 0 Å². The number of aromatic nitrogens is 4. The minimum atomic E-state index is -0.122. The molecule has 3 aromatic heterocycles. The van der Waals surface area contributed by atoms with Gasteiger partial charge < -0.3 is 9.30 Å². The molecule has 0 aliphatic heterocycles. The average Bonchev–Trinajstić information content (AvgIpc) is 3.51. The van der Waals surface area contributed by atoms with E-state index in [0.717, 1.165) is 56.6 Å². The number of hydrogen-bond acceptors (Lipinski definition) is 3. The van der Waals surface area contributed by atoms with Crippen molar-refractivity contribution in [2.45, 2.75) is 79.6 Å². The third-order valence-corrected chi connectivity index (χ3v) is 9.39. The van der Waals surface area contributed by atoms with Gasteiger partial charge in [-0.25, -0.2) is 4.98 Å². The first kappa shape index (κ1) is 33.0. The minimum Gasteiger partial charge on any atom is -0.509 e. The zero-order chi connectivity index (χ0) is 32.3. The predicted octanol–water partition coefficient (Wildman–Crippen LogP) is 10.4. The van der Waals surface area contributed by atoms with Gasteiger partial charge in [-0.3, -0.25) is 4.68 Å².